The highest BCUT2D eigenvalue weighted by Gasteiger charge is 2.32. The van der Waals surface area contributed by atoms with Crippen molar-refractivity contribution in [2.75, 3.05) is 60.6 Å². The lowest BCUT2D eigenvalue weighted by Gasteiger charge is -2.36. The second kappa shape index (κ2) is 11.1. The predicted octanol–water partition coefficient (Wildman–Crippen LogP) is 6.07. The third kappa shape index (κ3) is 5.69. The molecule has 0 saturated carbocycles. The third-order valence-corrected chi connectivity index (χ3v) is 7.29. The van der Waals surface area contributed by atoms with Gasteiger partial charge in [0.2, 0.25) is 0 Å². The van der Waals surface area contributed by atoms with Gasteiger partial charge in [0.25, 0.3) is 5.91 Å². The number of piperazine rings is 1. The molecule has 0 atom stereocenters. The Kier molecular flexibility index (Phi) is 7.57. The van der Waals surface area contributed by atoms with Crippen molar-refractivity contribution in [2.24, 2.45) is 0 Å². The second-order valence-corrected chi connectivity index (χ2v) is 9.83. The largest absolute Gasteiger partial charge is 0.416 e. The summed E-state index contributed by atoms with van der Waals surface area (Å²) in [6, 6.07) is 11.2. The average molecular weight is 552 g/mol. The van der Waals surface area contributed by atoms with E-state index in [0.29, 0.717) is 52.7 Å². The maximum Gasteiger partial charge on any atom is 0.416 e. The fourth-order valence-electron chi connectivity index (χ4n) is 4.99. The van der Waals surface area contributed by atoms with Crippen LogP contribution in [0.15, 0.2) is 54.9 Å². The van der Waals surface area contributed by atoms with E-state index in [4.69, 9.17) is 0 Å². The van der Waals surface area contributed by atoms with E-state index >= 15 is 0 Å². The molecule has 0 bridgehead atoms. The number of aryl methyl sites for hydroxylation is 1. The predicted molar refractivity (Wildman–Crippen MR) is 154 cm³/mol. The van der Waals surface area contributed by atoms with Gasteiger partial charge in [-0.3, -0.25) is 4.79 Å². The molecule has 0 radical (unpaired) electrons. The van der Waals surface area contributed by atoms with Crippen LogP contribution in [0.4, 0.5) is 41.6 Å². The zero-order chi connectivity index (χ0) is 28.4. The van der Waals surface area contributed by atoms with Gasteiger partial charge < -0.3 is 30.7 Å². The average Bonchev–Trinajstić information content (AvgIpc) is 3.43. The Bertz CT molecular complexity index is 1520. The number of nitrogens with one attached hydrogen (secondary N) is 4. The summed E-state index contributed by atoms with van der Waals surface area (Å²) in [6.45, 7) is 7.78. The van der Waals surface area contributed by atoms with Gasteiger partial charge >= 0.3 is 6.18 Å². The van der Waals surface area contributed by atoms with E-state index in [2.05, 4.69) is 37.7 Å². The first-order valence-electron chi connectivity index (χ1n) is 13.2. The number of rotatable bonds is 7. The Labute approximate surface area is 230 Å². The molecule has 5 rings (SSSR count). The van der Waals surface area contributed by atoms with Crippen molar-refractivity contribution in [3.8, 4) is 0 Å². The van der Waals surface area contributed by atoms with Crippen molar-refractivity contribution in [3.63, 3.8) is 0 Å². The van der Waals surface area contributed by atoms with E-state index < -0.39 is 11.7 Å². The van der Waals surface area contributed by atoms with Gasteiger partial charge in [-0.2, -0.15) is 13.2 Å². The fourth-order valence-corrected chi connectivity index (χ4v) is 4.99. The first kappa shape index (κ1) is 27.3. The van der Waals surface area contributed by atoms with E-state index in [0.717, 1.165) is 36.7 Å². The molecular formula is C29H32F3N7O. The number of fused-ring (bicyclic) bond motifs is 1. The van der Waals surface area contributed by atoms with Crippen LogP contribution < -0.4 is 20.9 Å². The number of amides is 1. The highest BCUT2D eigenvalue weighted by atomic mass is 19.4. The third-order valence-electron chi connectivity index (χ3n) is 7.29. The van der Waals surface area contributed by atoms with Crippen molar-refractivity contribution in [2.45, 2.75) is 20.0 Å². The number of aromatic amines is 1. The molecule has 1 amide bonds. The lowest BCUT2D eigenvalue weighted by atomic mass is 10.1. The van der Waals surface area contributed by atoms with Crippen LogP contribution in [-0.4, -0.2) is 60.5 Å². The second-order valence-electron chi connectivity index (χ2n) is 9.83. The Morgan fingerprint density at radius 1 is 1.05 bits per heavy atom. The van der Waals surface area contributed by atoms with Crippen LogP contribution >= 0.6 is 0 Å². The fraction of sp³-hybridized carbons (Fsp3) is 0.310. The number of anilines is 5. The van der Waals surface area contributed by atoms with Crippen LogP contribution in [0.2, 0.25) is 0 Å². The number of carbonyl (C=O) groups is 1. The van der Waals surface area contributed by atoms with Gasteiger partial charge in [-0.1, -0.05) is 13.0 Å². The summed E-state index contributed by atoms with van der Waals surface area (Å²) in [7, 11) is 1.74. The first-order chi connectivity index (χ1) is 19.2. The lowest BCUT2D eigenvalue weighted by molar-refractivity contribution is -0.137. The van der Waals surface area contributed by atoms with Crippen LogP contribution in [0.25, 0.3) is 11.0 Å². The topological polar surface area (TPSA) is 88.3 Å². The molecule has 1 aliphatic heterocycles. The van der Waals surface area contributed by atoms with Gasteiger partial charge in [-0.05, 0) is 55.4 Å². The van der Waals surface area contributed by atoms with Gasteiger partial charge in [-0.15, -0.1) is 0 Å². The van der Waals surface area contributed by atoms with Crippen LogP contribution in [0.5, 0.6) is 0 Å². The minimum Gasteiger partial charge on any atom is -0.387 e. The van der Waals surface area contributed by atoms with Gasteiger partial charge in [0, 0.05) is 73.8 Å². The number of halogens is 3. The molecule has 4 N–H and O–H groups in total. The Hall–Kier alpha value is -4.25. The molecule has 11 heteroatoms. The van der Waals surface area contributed by atoms with E-state index in [-0.39, 0.29) is 5.91 Å². The summed E-state index contributed by atoms with van der Waals surface area (Å²) in [5.74, 6) is -0.354. The van der Waals surface area contributed by atoms with Crippen LogP contribution in [0.3, 0.4) is 0 Å². The number of pyridine rings is 1. The number of hydrogen-bond donors (Lipinski definition) is 4. The van der Waals surface area contributed by atoms with Gasteiger partial charge in [0.1, 0.15) is 5.65 Å². The molecule has 210 valence electrons. The zero-order valence-corrected chi connectivity index (χ0v) is 22.6. The molecule has 1 fully saturated rings. The molecular weight excluding hydrogens is 519 g/mol. The number of likely N-dealkylation sites (N-methyl/N-ethyl adjacent to an activating group) is 1. The molecule has 0 unspecified atom stereocenters. The quantitative estimate of drug-likeness (QED) is 0.223. The number of alkyl halides is 3. The number of carbonyl (C=O) groups excluding carboxylic acids is 1. The van der Waals surface area contributed by atoms with Crippen LogP contribution in [-0.2, 0) is 6.18 Å². The summed E-state index contributed by atoms with van der Waals surface area (Å²) in [5, 5.41) is 9.92. The molecule has 2 aromatic heterocycles. The molecule has 4 aromatic rings. The molecule has 40 heavy (non-hydrogen) atoms. The van der Waals surface area contributed by atoms with Gasteiger partial charge in [0.05, 0.1) is 16.8 Å². The highest BCUT2D eigenvalue weighted by Crippen LogP contribution is 2.36. The van der Waals surface area contributed by atoms with Crippen molar-refractivity contribution in [1.82, 2.24) is 14.9 Å². The van der Waals surface area contributed by atoms with Crippen LogP contribution in [0.1, 0.15) is 28.4 Å². The van der Waals surface area contributed by atoms with E-state index in [1.807, 2.05) is 24.0 Å². The summed E-state index contributed by atoms with van der Waals surface area (Å²) in [5.41, 5.74) is 3.71. The lowest BCUT2D eigenvalue weighted by Crippen LogP contribution is -2.46. The Balaban J connectivity index is 1.40. The summed E-state index contributed by atoms with van der Waals surface area (Å²) in [4.78, 5) is 24.9. The van der Waals surface area contributed by atoms with Gasteiger partial charge in [-0.25, -0.2) is 4.98 Å². The normalized spacial score (nSPS) is 14.4. The maximum absolute atomic E-state index is 13.8. The number of hydrogen-bond acceptors (Lipinski definition) is 6. The van der Waals surface area contributed by atoms with E-state index in [9.17, 15) is 18.0 Å². The standard InChI is InChI=1S/C29H32F3N7O/c1-4-38-9-11-39(12-10-38)22-14-19(29(30,31)32)13-21(15-22)36-20-6-5-18(2)25(16-20)37-28(40)24-17-35-27-23(7-8-34-27)26(24)33-3/h5-8,13-17,36H,4,9-12H2,1-3H3,(H,37,40)(H2,33,34,35). The van der Waals surface area contributed by atoms with Crippen molar-refractivity contribution < 1.29 is 18.0 Å². The summed E-state index contributed by atoms with van der Waals surface area (Å²) >= 11 is 0. The SMILES string of the molecule is CCN1CCN(c2cc(Nc3ccc(C)c(NC(=O)c4cnc5[nH]ccc5c4NC)c3)cc(C(F)(F)F)c2)CC1. The highest BCUT2D eigenvalue weighted by molar-refractivity contribution is 6.12. The number of H-pyrrole nitrogens is 1. The summed E-state index contributed by atoms with van der Waals surface area (Å²) in [6.07, 6.45) is -1.23. The molecule has 0 aliphatic carbocycles. The van der Waals surface area contributed by atoms with E-state index in [1.54, 1.807) is 31.4 Å². The monoisotopic (exact) mass is 551 g/mol. The minimum atomic E-state index is -4.48. The molecule has 8 nitrogen and oxygen atoms in total. The Morgan fingerprint density at radius 2 is 1.82 bits per heavy atom. The zero-order valence-electron chi connectivity index (χ0n) is 22.6. The number of aromatic nitrogens is 2. The maximum atomic E-state index is 13.8. The first-order valence-corrected chi connectivity index (χ1v) is 13.2. The Morgan fingerprint density at radius 3 is 2.52 bits per heavy atom. The summed E-state index contributed by atoms with van der Waals surface area (Å²) < 4.78 is 41.4. The van der Waals surface area contributed by atoms with Crippen molar-refractivity contribution in [3.05, 3.63) is 71.5 Å². The number of benzene rings is 2. The molecule has 2 aromatic carbocycles. The molecule has 1 aliphatic rings. The molecule has 1 saturated heterocycles. The minimum absolute atomic E-state index is 0.323. The van der Waals surface area contributed by atoms with Crippen LogP contribution in [0, 0.1) is 6.92 Å². The number of nitrogens with zero attached hydrogens (tertiary/aromatic N) is 3. The van der Waals surface area contributed by atoms with Crippen molar-refractivity contribution in [1.29, 1.82) is 0 Å². The molecule has 3 heterocycles. The smallest absolute Gasteiger partial charge is 0.387 e. The van der Waals surface area contributed by atoms with E-state index in [1.165, 1.54) is 12.3 Å². The van der Waals surface area contributed by atoms with Crippen molar-refractivity contribution >= 4 is 45.4 Å². The molecule has 0 spiro atoms. The van der Waals surface area contributed by atoms with Gasteiger partial charge in [0.15, 0.2) is 0 Å².